The largest absolute Gasteiger partial charge is 0.497 e. The number of rotatable bonds is 7. The summed E-state index contributed by atoms with van der Waals surface area (Å²) in [5.74, 6) is -0.493. The topological polar surface area (TPSA) is 72.0 Å². The highest BCUT2D eigenvalue weighted by Gasteiger charge is 2.32. The summed E-state index contributed by atoms with van der Waals surface area (Å²) in [5.41, 5.74) is 1.94. The molecule has 0 aliphatic carbocycles. The van der Waals surface area contributed by atoms with E-state index in [1.54, 1.807) is 24.4 Å². The maximum atomic E-state index is 13.5. The molecule has 0 radical (unpaired) electrons. The number of hydrogen-bond acceptors (Lipinski definition) is 5. The van der Waals surface area contributed by atoms with Crippen molar-refractivity contribution in [1.82, 2.24) is 14.8 Å². The molecule has 1 aromatic heterocycles. The number of nitrogens with zero attached hydrogens (tertiary/aromatic N) is 3. The van der Waals surface area contributed by atoms with Crippen LogP contribution in [0.25, 0.3) is 0 Å². The molecule has 1 atom stereocenters. The second-order valence-electron chi connectivity index (χ2n) is 8.23. The van der Waals surface area contributed by atoms with E-state index in [0.29, 0.717) is 13.1 Å². The van der Waals surface area contributed by atoms with Crippen LogP contribution in [0.3, 0.4) is 0 Å². The second-order valence-corrected chi connectivity index (χ2v) is 8.63. The van der Waals surface area contributed by atoms with E-state index in [-0.39, 0.29) is 36.2 Å². The summed E-state index contributed by atoms with van der Waals surface area (Å²) in [4.78, 5) is 33.6. The van der Waals surface area contributed by atoms with Crippen molar-refractivity contribution in [2.75, 3.05) is 26.7 Å². The molecule has 3 aromatic rings. The van der Waals surface area contributed by atoms with E-state index in [2.05, 4.69) is 4.98 Å². The zero-order chi connectivity index (χ0) is 24.8. The Balaban J connectivity index is 1.55. The SMILES string of the molecule is COc1ccc(CN2C[C@@H](OCc3cccnc3)CN(C(=O)c3ccc(F)cc3Cl)CC2=O)cc1. The normalized spacial score (nSPS) is 16.2. The summed E-state index contributed by atoms with van der Waals surface area (Å²) in [5, 5.41) is -0.00499. The first-order valence-corrected chi connectivity index (χ1v) is 11.5. The van der Waals surface area contributed by atoms with Gasteiger partial charge in [0.25, 0.3) is 5.91 Å². The van der Waals surface area contributed by atoms with E-state index in [1.165, 1.54) is 17.0 Å². The summed E-state index contributed by atoms with van der Waals surface area (Å²) in [6.45, 7) is 0.969. The van der Waals surface area contributed by atoms with E-state index < -0.39 is 17.8 Å². The Labute approximate surface area is 208 Å². The molecular weight excluding hydrogens is 473 g/mol. The van der Waals surface area contributed by atoms with Gasteiger partial charge in [0.05, 0.1) is 30.4 Å². The highest BCUT2D eigenvalue weighted by molar-refractivity contribution is 6.33. The first-order chi connectivity index (χ1) is 16.9. The van der Waals surface area contributed by atoms with Crippen LogP contribution in [0.15, 0.2) is 67.0 Å². The molecule has 2 aromatic carbocycles. The van der Waals surface area contributed by atoms with Crippen molar-refractivity contribution < 1.29 is 23.5 Å². The molecule has 0 unspecified atom stereocenters. The van der Waals surface area contributed by atoms with Gasteiger partial charge in [0.2, 0.25) is 5.91 Å². The van der Waals surface area contributed by atoms with Gasteiger partial charge in [0, 0.05) is 32.0 Å². The molecule has 7 nitrogen and oxygen atoms in total. The fourth-order valence-electron chi connectivity index (χ4n) is 3.87. The molecule has 1 aliphatic rings. The summed E-state index contributed by atoms with van der Waals surface area (Å²) in [6, 6.07) is 14.7. The molecule has 0 bridgehead atoms. The first kappa shape index (κ1) is 24.6. The Morgan fingerprint density at radius 2 is 1.94 bits per heavy atom. The Kier molecular flexibility index (Phi) is 7.94. The molecule has 4 rings (SSSR count). The quantitative estimate of drug-likeness (QED) is 0.494. The molecule has 0 N–H and O–H groups in total. The molecule has 2 amide bonds. The van der Waals surface area contributed by atoms with Gasteiger partial charge in [-0.05, 0) is 47.5 Å². The standard InChI is InChI=1S/C26H25ClFN3O4/c1-34-21-7-4-18(5-8-21)13-30-14-22(35-17-19-3-2-10-29-12-19)15-31(16-25(30)32)26(33)23-9-6-20(28)11-24(23)27/h2-12,22H,13-17H2,1H3/t22-/m1/s1. The highest BCUT2D eigenvalue weighted by atomic mass is 35.5. The second kappa shape index (κ2) is 11.3. The van der Waals surface area contributed by atoms with Crippen molar-refractivity contribution in [1.29, 1.82) is 0 Å². The predicted molar refractivity (Wildman–Crippen MR) is 129 cm³/mol. The van der Waals surface area contributed by atoms with E-state index in [9.17, 15) is 14.0 Å². The lowest BCUT2D eigenvalue weighted by molar-refractivity contribution is -0.132. The number of amides is 2. The minimum absolute atomic E-state index is 0.00499. The minimum Gasteiger partial charge on any atom is -0.497 e. The van der Waals surface area contributed by atoms with E-state index in [4.69, 9.17) is 21.1 Å². The van der Waals surface area contributed by atoms with Gasteiger partial charge in [-0.3, -0.25) is 14.6 Å². The summed E-state index contributed by atoms with van der Waals surface area (Å²) < 4.78 is 24.8. The van der Waals surface area contributed by atoms with Gasteiger partial charge in [-0.15, -0.1) is 0 Å². The molecule has 182 valence electrons. The van der Waals surface area contributed by atoms with E-state index in [0.717, 1.165) is 22.9 Å². The summed E-state index contributed by atoms with van der Waals surface area (Å²) in [6.07, 6.45) is 2.93. The molecule has 35 heavy (non-hydrogen) atoms. The van der Waals surface area contributed by atoms with Crippen LogP contribution in [0.1, 0.15) is 21.5 Å². The van der Waals surface area contributed by atoms with Crippen LogP contribution in [0, 0.1) is 5.82 Å². The maximum absolute atomic E-state index is 13.5. The predicted octanol–water partition coefficient (Wildman–Crippen LogP) is 3.95. The average molecular weight is 498 g/mol. The Morgan fingerprint density at radius 3 is 2.63 bits per heavy atom. The van der Waals surface area contributed by atoms with Gasteiger partial charge in [0.15, 0.2) is 0 Å². The highest BCUT2D eigenvalue weighted by Crippen LogP contribution is 2.22. The molecule has 9 heteroatoms. The number of carbonyl (C=O) groups is 2. The number of methoxy groups -OCH3 is 1. The number of benzene rings is 2. The Hall–Kier alpha value is -3.49. The van der Waals surface area contributed by atoms with Gasteiger partial charge < -0.3 is 19.3 Å². The van der Waals surface area contributed by atoms with E-state index >= 15 is 0 Å². The smallest absolute Gasteiger partial charge is 0.255 e. The van der Waals surface area contributed by atoms with Crippen LogP contribution in [-0.2, 0) is 22.7 Å². The van der Waals surface area contributed by atoms with Crippen molar-refractivity contribution in [3.8, 4) is 5.75 Å². The fraction of sp³-hybridized carbons (Fsp3) is 0.269. The molecule has 0 saturated carbocycles. The third-order valence-corrected chi connectivity index (χ3v) is 6.03. The van der Waals surface area contributed by atoms with Crippen molar-refractivity contribution in [3.63, 3.8) is 0 Å². The van der Waals surface area contributed by atoms with Crippen LogP contribution in [0.4, 0.5) is 4.39 Å². The molecular formula is C26H25ClFN3O4. The Bertz CT molecular complexity index is 1180. The van der Waals surface area contributed by atoms with Crippen LogP contribution < -0.4 is 4.74 Å². The van der Waals surface area contributed by atoms with Gasteiger partial charge in [-0.2, -0.15) is 0 Å². The first-order valence-electron chi connectivity index (χ1n) is 11.1. The van der Waals surface area contributed by atoms with Crippen molar-refractivity contribution in [3.05, 3.63) is 94.5 Å². The van der Waals surface area contributed by atoms with Crippen LogP contribution >= 0.6 is 11.6 Å². The van der Waals surface area contributed by atoms with Crippen LogP contribution in [0.2, 0.25) is 5.02 Å². The van der Waals surface area contributed by atoms with Gasteiger partial charge in [-0.1, -0.05) is 29.8 Å². The zero-order valence-corrected chi connectivity index (χ0v) is 20.0. The lowest BCUT2D eigenvalue weighted by Crippen LogP contribution is -2.39. The number of ether oxygens (including phenoxy) is 2. The van der Waals surface area contributed by atoms with Crippen LogP contribution in [-0.4, -0.2) is 59.4 Å². The lowest BCUT2D eigenvalue weighted by Gasteiger charge is -2.25. The van der Waals surface area contributed by atoms with Gasteiger partial charge in [0.1, 0.15) is 18.1 Å². The third kappa shape index (κ3) is 6.35. The number of aromatic nitrogens is 1. The number of hydrogen-bond donors (Lipinski definition) is 0. The van der Waals surface area contributed by atoms with Gasteiger partial charge >= 0.3 is 0 Å². The molecule has 0 spiro atoms. The number of carbonyl (C=O) groups excluding carboxylic acids is 2. The summed E-state index contributed by atoms with van der Waals surface area (Å²) >= 11 is 6.13. The molecule has 1 aliphatic heterocycles. The fourth-order valence-corrected chi connectivity index (χ4v) is 4.12. The molecule has 2 heterocycles. The minimum atomic E-state index is -0.540. The third-order valence-electron chi connectivity index (χ3n) is 5.72. The zero-order valence-electron chi connectivity index (χ0n) is 19.2. The van der Waals surface area contributed by atoms with Crippen molar-refractivity contribution >= 4 is 23.4 Å². The monoisotopic (exact) mass is 497 g/mol. The van der Waals surface area contributed by atoms with Gasteiger partial charge in [-0.25, -0.2) is 4.39 Å². The number of halogens is 2. The maximum Gasteiger partial charge on any atom is 0.255 e. The molecule has 1 fully saturated rings. The summed E-state index contributed by atoms with van der Waals surface area (Å²) in [7, 11) is 1.59. The lowest BCUT2D eigenvalue weighted by atomic mass is 10.2. The van der Waals surface area contributed by atoms with Crippen LogP contribution in [0.5, 0.6) is 5.75 Å². The Morgan fingerprint density at radius 1 is 1.14 bits per heavy atom. The molecule has 1 saturated heterocycles. The van der Waals surface area contributed by atoms with Crippen molar-refractivity contribution in [2.45, 2.75) is 19.3 Å². The van der Waals surface area contributed by atoms with Crippen molar-refractivity contribution in [2.24, 2.45) is 0 Å². The number of pyridine rings is 1. The average Bonchev–Trinajstić information content (AvgIpc) is 3.02. The van der Waals surface area contributed by atoms with E-state index in [1.807, 2.05) is 36.4 Å².